The summed E-state index contributed by atoms with van der Waals surface area (Å²) < 4.78 is 28.2. The Morgan fingerprint density at radius 3 is 2.49 bits per heavy atom. The summed E-state index contributed by atoms with van der Waals surface area (Å²) in [6.45, 7) is 2.63. The van der Waals surface area contributed by atoms with E-state index in [-0.39, 0.29) is 30.3 Å². The molecule has 2 aliphatic heterocycles. The second-order valence-corrected chi connectivity index (χ2v) is 11.5. The van der Waals surface area contributed by atoms with Gasteiger partial charge in [0.15, 0.2) is 0 Å². The molecule has 10 heteroatoms. The number of piperazine rings is 1. The van der Waals surface area contributed by atoms with Crippen LogP contribution in [-0.2, 0) is 19.6 Å². The van der Waals surface area contributed by atoms with Gasteiger partial charge in [-0.1, -0.05) is 30.3 Å². The minimum absolute atomic E-state index is 0.117. The van der Waals surface area contributed by atoms with Crippen LogP contribution in [0.15, 0.2) is 71.9 Å². The van der Waals surface area contributed by atoms with Crippen LogP contribution >= 0.6 is 0 Å². The lowest BCUT2D eigenvalue weighted by atomic mass is 9.96. The third-order valence-corrected chi connectivity index (χ3v) is 9.12. The number of nitrogens with zero attached hydrogens (tertiary/aromatic N) is 3. The topological polar surface area (TPSA) is 112 Å². The van der Waals surface area contributed by atoms with Gasteiger partial charge in [0.2, 0.25) is 21.8 Å². The first-order valence-corrected chi connectivity index (χ1v) is 14.1. The van der Waals surface area contributed by atoms with Gasteiger partial charge in [-0.3, -0.25) is 14.6 Å². The number of carbonyl (C=O) groups excluding carboxylic acids is 2. The Balaban J connectivity index is 1.20. The molecule has 3 aromatic rings. The Bertz CT molecular complexity index is 1370. The highest BCUT2D eigenvalue weighted by molar-refractivity contribution is 7.89. The van der Waals surface area contributed by atoms with Crippen LogP contribution in [0.2, 0.25) is 0 Å². The molecule has 2 fully saturated rings. The van der Waals surface area contributed by atoms with E-state index in [4.69, 9.17) is 0 Å². The van der Waals surface area contributed by atoms with Crippen molar-refractivity contribution in [2.24, 2.45) is 5.92 Å². The summed E-state index contributed by atoms with van der Waals surface area (Å²) >= 11 is 0. The summed E-state index contributed by atoms with van der Waals surface area (Å²) in [4.78, 5) is 32.0. The van der Waals surface area contributed by atoms with Gasteiger partial charge in [-0.25, -0.2) is 8.42 Å². The summed E-state index contributed by atoms with van der Waals surface area (Å²) in [5, 5.41) is 7.38. The summed E-state index contributed by atoms with van der Waals surface area (Å²) in [7, 11) is -3.97. The van der Waals surface area contributed by atoms with Crippen molar-refractivity contribution in [3.8, 4) is 0 Å². The fraction of sp³-hybridized carbons (Fsp3) is 0.370. The number of aromatic nitrogens is 1. The maximum Gasteiger partial charge on any atom is 0.243 e. The molecule has 0 radical (unpaired) electrons. The largest absolute Gasteiger partial charge is 0.371 e. The predicted octanol–water partition coefficient (Wildman–Crippen LogP) is 2.15. The van der Waals surface area contributed by atoms with Gasteiger partial charge in [-0.15, -0.1) is 0 Å². The smallest absolute Gasteiger partial charge is 0.243 e. The number of fused-ring (bicyclic) bond motifs is 1. The van der Waals surface area contributed by atoms with E-state index in [0.29, 0.717) is 12.5 Å². The average Bonchev–Trinajstić information content (AvgIpc) is 2.93. The first kappa shape index (κ1) is 25.2. The van der Waals surface area contributed by atoms with Crippen molar-refractivity contribution in [2.45, 2.75) is 30.2 Å². The van der Waals surface area contributed by atoms with Gasteiger partial charge in [-0.2, -0.15) is 4.31 Å². The number of sulfonamides is 1. The lowest BCUT2D eigenvalue weighted by Gasteiger charge is -2.34. The summed E-state index contributed by atoms with van der Waals surface area (Å²) in [5.74, 6) is -0.437. The maximum atomic E-state index is 13.5. The van der Waals surface area contributed by atoms with Crippen molar-refractivity contribution < 1.29 is 18.0 Å². The first-order valence-electron chi connectivity index (χ1n) is 12.6. The van der Waals surface area contributed by atoms with Crippen LogP contribution in [0.3, 0.4) is 0 Å². The van der Waals surface area contributed by atoms with E-state index in [1.54, 1.807) is 30.6 Å². The lowest BCUT2D eigenvalue weighted by Crippen LogP contribution is -2.58. The average molecular weight is 522 g/mol. The number of piperidine rings is 1. The molecule has 37 heavy (non-hydrogen) atoms. The molecule has 194 valence electrons. The third-order valence-electron chi connectivity index (χ3n) is 7.22. The predicted molar refractivity (Wildman–Crippen MR) is 141 cm³/mol. The number of hydrogen-bond donors (Lipinski definition) is 2. The van der Waals surface area contributed by atoms with E-state index in [9.17, 15) is 18.0 Å². The highest BCUT2D eigenvalue weighted by Gasteiger charge is 2.39. The van der Waals surface area contributed by atoms with Crippen molar-refractivity contribution in [3.05, 3.63) is 67.0 Å². The number of pyridine rings is 1. The molecule has 5 rings (SSSR count). The van der Waals surface area contributed by atoms with E-state index in [0.717, 1.165) is 42.4 Å². The number of anilines is 1. The number of carbonyl (C=O) groups is 2. The molecule has 1 aromatic heterocycles. The highest BCUT2D eigenvalue weighted by atomic mass is 32.2. The van der Waals surface area contributed by atoms with Gasteiger partial charge in [-0.05, 0) is 53.8 Å². The van der Waals surface area contributed by atoms with Crippen LogP contribution in [0.25, 0.3) is 10.8 Å². The molecule has 1 atom stereocenters. The number of amides is 2. The minimum Gasteiger partial charge on any atom is -0.371 e. The van der Waals surface area contributed by atoms with E-state index in [2.05, 4.69) is 20.5 Å². The van der Waals surface area contributed by atoms with Crippen molar-refractivity contribution in [1.29, 1.82) is 0 Å². The van der Waals surface area contributed by atoms with Crippen LogP contribution in [0, 0.1) is 5.92 Å². The SMILES string of the molecule is O=C(C[C@@H]1C(=O)NCCN1S(=O)(=O)c1ccc2ccccc2c1)NCC1CCN(c2ccncc2)CC1. The number of hydrogen-bond acceptors (Lipinski definition) is 6. The van der Waals surface area contributed by atoms with E-state index >= 15 is 0 Å². The Kier molecular flexibility index (Phi) is 7.38. The molecule has 2 aliphatic rings. The molecule has 2 amide bonds. The lowest BCUT2D eigenvalue weighted by molar-refractivity contribution is -0.131. The minimum atomic E-state index is -3.97. The highest BCUT2D eigenvalue weighted by Crippen LogP contribution is 2.26. The molecule has 0 unspecified atom stereocenters. The Morgan fingerprint density at radius 1 is 1.00 bits per heavy atom. The summed E-state index contributed by atoms with van der Waals surface area (Å²) in [5.41, 5.74) is 1.15. The molecule has 2 aromatic carbocycles. The van der Waals surface area contributed by atoms with E-state index in [1.165, 1.54) is 4.31 Å². The molecule has 9 nitrogen and oxygen atoms in total. The van der Waals surface area contributed by atoms with Crippen molar-refractivity contribution in [3.63, 3.8) is 0 Å². The van der Waals surface area contributed by atoms with Gasteiger partial charge >= 0.3 is 0 Å². The standard InChI is InChI=1S/C27H31N5O4S/c33-26(30-19-20-9-14-31(15-10-20)23-7-11-28-12-8-23)18-25-27(34)29-13-16-32(25)37(35,36)24-6-5-21-3-1-2-4-22(21)17-24/h1-8,11-12,17,20,25H,9-10,13-16,18-19H2,(H,29,34)(H,30,33)/t25-/m1/s1. The normalized spacial score (nSPS) is 19.5. The number of benzene rings is 2. The van der Waals surface area contributed by atoms with Gasteiger partial charge < -0.3 is 15.5 Å². The quantitative estimate of drug-likeness (QED) is 0.493. The second kappa shape index (κ2) is 10.9. The Labute approximate surface area is 216 Å². The van der Waals surface area contributed by atoms with E-state index in [1.807, 2.05) is 36.4 Å². The zero-order valence-electron chi connectivity index (χ0n) is 20.5. The zero-order chi connectivity index (χ0) is 25.8. The van der Waals surface area contributed by atoms with Crippen LogP contribution in [0.4, 0.5) is 5.69 Å². The van der Waals surface area contributed by atoms with Gasteiger partial charge in [0, 0.05) is 50.8 Å². The summed E-state index contributed by atoms with van der Waals surface area (Å²) in [6.07, 6.45) is 5.23. The van der Waals surface area contributed by atoms with Crippen LogP contribution in [0.1, 0.15) is 19.3 Å². The van der Waals surface area contributed by atoms with Crippen molar-refractivity contribution in [1.82, 2.24) is 19.9 Å². The Hall–Kier alpha value is -3.50. The molecule has 2 saturated heterocycles. The van der Waals surface area contributed by atoms with Crippen LogP contribution in [-0.4, -0.2) is 68.3 Å². The van der Waals surface area contributed by atoms with Gasteiger partial charge in [0.25, 0.3) is 0 Å². The van der Waals surface area contributed by atoms with Crippen molar-refractivity contribution in [2.75, 3.05) is 37.6 Å². The van der Waals surface area contributed by atoms with Crippen molar-refractivity contribution >= 4 is 38.3 Å². The monoisotopic (exact) mass is 521 g/mol. The zero-order valence-corrected chi connectivity index (χ0v) is 21.4. The fourth-order valence-corrected chi connectivity index (χ4v) is 6.72. The fourth-order valence-electron chi connectivity index (χ4n) is 5.10. The maximum absolute atomic E-state index is 13.5. The van der Waals surface area contributed by atoms with Gasteiger partial charge in [0.05, 0.1) is 11.3 Å². The van der Waals surface area contributed by atoms with Crippen LogP contribution < -0.4 is 15.5 Å². The Morgan fingerprint density at radius 2 is 1.73 bits per heavy atom. The molecular weight excluding hydrogens is 490 g/mol. The molecule has 2 N–H and O–H groups in total. The molecule has 0 aliphatic carbocycles. The molecule has 0 saturated carbocycles. The first-order chi connectivity index (χ1) is 17.9. The number of rotatable bonds is 7. The van der Waals surface area contributed by atoms with Crippen LogP contribution in [0.5, 0.6) is 0 Å². The molecular formula is C27H31N5O4S. The molecule has 0 bridgehead atoms. The van der Waals surface area contributed by atoms with E-state index < -0.39 is 22.0 Å². The third kappa shape index (κ3) is 5.60. The summed E-state index contributed by atoms with van der Waals surface area (Å²) in [6, 6.07) is 15.3. The number of nitrogens with one attached hydrogen (secondary N) is 2. The molecule has 3 heterocycles. The molecule has 0 spiro atoms. The van der Waals surface area contributed by atoms with Gasteiger partial charge in [0.1, 0.15) is 6.04 Å². The second-order valence-electron chi connectivity index (χ2n) is 9.58.